The predicted octanol–water partition coefficient (Wildman–Crippen LogP) is 4.61. The Morgan fingerprint density at radius 3 is 2.50 bits per heavy atom. The van der Waals surface area contributed by atoms with Gasteiger partial charge in [0.25, 0.3) is 0 Å². The molecule has 1 aromatic carbocycles. The summed E-state index contributed by atoms with van der Waals surface area (Å²) < 4.78 is 2.11. The third-order valence-corrected chi connectivity index (χ3v) is 4.93. The van der Waals surface area contributed by atoms with Crippen molar-refractivity contribution in [3.05, 3.63) is 66.0 Å². The molecule has 0 saturated heterocycles. The number of hydrogen-bond donors (Lipinski definition) is 0. The second-order valence-electron chi connectivity index (χ2n) is 5.89. The molecule has 0 unspecified atom stereocenters. The van der Waals surface area contributed by atoms with Gasteiger partial charge in [-0.1, -0.05) is 30.0 Å². The molecule has 0 aliphatic rings. The van der Waals surface area contributed by atoms with E-state index in [1.807, 2.05) is 19.1 Å². The number of aromatic nitrogens is 4. The van der Waals surface area contributed by atoms with Gasteiger partial charge in [-0.3, -0.25) is 9.55 Å². The van der Waals surface area contributed by atoms with Crippen LogP contribution in [-0.2, 0) is 0 Å². The van der Waals surface area contributed by atoms with Crippen LogP contribution >= 0.6 is 11.8 Å². The van der Waals surface area contributed by atoms with Crippen LogP contribution in [0.25, 0.3) is 17.1 Å². The minimum Gasteiger partial charge on any atom is -0.270 e. The third kappa shape index (κ3) is 3.41. The highest BCUT2D eigenvalue weighted by Gasteiger charge is 2.16. The maximum Gasteiger partial charge on any atom is 0.196 e. The number of pyridine rings is 1. The molecule has 0 bridgehead atoms. The molecule has 0 radical (unpaired) electrons. The highest BCUT2D eigenvalue weighted by atomic mass is 32.2. The van der Waals surface area contributed by atoms with Gasteiger partial charge in [-0.2, -0.15) is 0 Å². The zero-order valence-corrected chi connectivity index (χ0v) is 15.0. The van der Waals surface area contributed by atoms with E-state index in [0.29, 0.717) is 0 Å². The molecule has 0 spiro atoms. The molecular weight excluding hydrogens is 316 g/mol. The van der Waals surface area contributed by atoms with Crippen molar-refractivity contribution in [2.24, 2.45) is 0 Å². The third-order valence-electron chi connectivity index (χ3n) is 3.77. The van der Waals surface area contributed by atoms with Crippen LogP contribution in [0.3, 0.4) is 0 Å². The Hall–Kier alpha value is -2.40. The average Bonchev–Trinajstić information content (AvgIpc) is 3.00. The summed E-state index contributed by atoms with van der Waals surface area (Å²) in [7, 11) is 0. The molecule has 0 aliphatic heterocycles. The quantitative estimate of drug-likeness (QED) is 0.504. The fourth-order valence-electron chi connectivity index (χ4n) is 2.34. The van der Waals surface area contributed by atoms with Crippen LogP contribution in [0.4, 0.5) is 0 Å². The molecule has 4 nitrogen and oxygen atoms in total. The van der Waals surface area contributed by atoms with Crippen LogP contribution in [0.15, 0.2) is 60.0 Å². The second-order valence-corrected chi connectivity index (χ2v) is 6.83. The van der Waals surface area contributed by atoms with Crippen molar-refractivity contribution in [1.82, 2.24) is 19.7 Å². The zero-order valence-electron chi connectivity index (χ0n) is 14.2. The first kappa shape index (κ1) is 16.5. The standard InChI is InChI=1S/C19H20N4S/c1-13(2)12-24-19-22-21-18(16-7-9-20-10-8-16)23(19)17-6-5-14(3)15(4)11-17/h5-11H,1,12H2,2-4H3. The van der Waals surface area contributed by atoms with Gasteiger partial charge in [0.05, 0.1) is 5.69 Å². The van der Waals surface area contributed by atoms with E-state index in [1.165, 1.54) is 11.1 Å². The molecule has 122 valence electrons. The summed E-state index contributed by atoms with van der Waals surface area (Å²) in [4.78, 5) is 4.09. The van der Waals surface area contributed by atoms with Gasteiger partial charge in [0.15, 0.2) is 11.0 Å². The minimum atomic E-state index is 0.819. The monoisotopic (exact) mass is 336 g/mol. The van der Waals surface area contributed by atoms with Crippen molar-refractivity contribution in [2.45, 2.75) is 25.9 Å². The maximum atomic E-state index is 4.43. The molecule has 0 aliphatic carbocycles. The molecule has 0 atom stereocenters. The van der Waals surface area contributed by atoms with Gasteiger partial charge in [0.2, 0.25) is 0 Å². The lowest BCUT2D eigenvalue weighted by molar-refractivity contribution is 0.885. The van der Waals surface area contributed by atoms with Crippen molar-refractivity contribution in [2.75, 3.05) is 5.75 Å². The van der Waals surface area contributed by atoms with Gasteiger partial charge >= 0.3 is 0 Å². The minimum absolute atomic E-state index is 0.819. The van der Waals surface area contributed by atoms with Gasteiger partial charge in [0.1, 0.15) is 0 Å². The number of hydrogen-bond acceptors (Lipinski definition) is 4. The van der Waals surface area contributed by atoms with Crippen molar-refractivity contribution in [3.63, 3.8) is 0 Å². The topological polar surface area (TPSA) is 43.6 Å². The number of aryl methyl sites for hydroxylation is 2. The van der Waals surface area contributed by atoms with Gasteiger partial charge in [-0.05, 0) is 56.2 Å². The smallest absolute Gasteiger partial charge is 0.196 e. The van der Waals surface area contributed by atoms with Crippen molar-refractivity contribution in [1.29, 1.82) is 0 Å². The zero-order chi connectivity index (χ0) is 17.1. The van der Waals surface area contributed by atoms with E-state index in [2.05, 4.69) is 58.4 Å². The normalized spacial score (nSPS) is 10.8. The first-order chi connectivity index (χ1) is 11.6. The largest absolute Gasteiger partial charge is 0.270 e. The van der Waals surface area contributed by atoms with E-state index < -0.39 is 0 Å². The number of thioether (sulfide) groups is 1. The molecule has 0 amide bonds. The summed E-state index contributed by atoms with van der Waals surface area (Å²) in [5, 5.41) is 9.70. The van der Waals surface area contributed by atoms with Crippen LogP contribution in [0.2, 0.25) is 0 Å². The molecule has 3 aromatic rings. The van der Waals surface area contributed by atoms with E-state index >= 15 is 0 Å². The van der Waals surface area contributed by atoms with Crippen LogP contribution < -0.4 is 0 Å². The Morgan fingerprint density at radius 2 is 1.83 bits per heavy atom. The summed E-state index contributed by atoms with van der Waals surface area (Å²) in [6.45, 7) is 10.2. The molecule has 0 fully saturated rings. The Morgan fingerprint density at radius 1 is 1.08 bits per heavy atom. The predicted molar refractivity (Wildman–Crippen MR) is 99.6 cm³/mol. The van der Waals surface area contributed by atoms with Gasteiger partial charge in [0, 0.05) is 23.7 Å². The molecule has 24 heavy (non-hydrogen) atoms. The van der Waals surface area contributed by atoms with Crippen molar-refractivity contribution < 1.29 is 0 Å². The molecule has 2 heterocycles. The van der Waals surface area contributed by atoms with Crippen LogP contribution in [0, 0.1) is 13.8 Å². The summed E-state index contributed by atoms with van der Waals surface area (Å²) in [6.07, 6.45) is 3.55. The van der Waals surface area contributed by atoms with Gasteiger partial charge in [-0.15, -0.1) is 10.2 Å². The SMILES string of the molecule is C=C(C)CSc1nnc(-c2ccncc2)n1-c1ccc(C)c(C)c1. The molecular formula is C19H20N4S. The second kappa shape index (κ2) is 7.01. The lowest BCUT2D eigenvalue weighted by Gasteiger charge is -2.12. The van der Waals surface area contributed by atoms with E-state index in [9.17, 15) is 0 Å². The summed E-state index contributed by atoms with van der Waals surface area (Å²) in [5.41, 5.74) is 5.70. The van der Waals surface area contributed by atoms with E-state index in [-0.39, 0.29) is 0 Å². The maximum absolute atomic E-state index is 4.43. The molecule has 3 rings (SSSR count). The van der Waals surface area contributed by atoms with E-state index in [0.717, 1.165) is 33.6 Å². The lowest BCUT2D eigenvalue weighted by atomic mass is 10.1. The first-order valence-corrected chi connectivity index (χ1v) is 8.75. The Kier molecular flexibility index (Phi) is 4.81. The van der Waals surface area contributed by atoms with Crippen LogP contribution in [0.1, 0.15) is 18.1 Å². The Labute approximate surface area is 146 Å². The van der Waals surface area contributed by atoms with Crippen molar-refractivity contribution >= 4 is 11.8 Å². The van der Waals surface area contributed by atoms with Crippen LogP contribution in [-0.4, -0.2) is 25.5 Å². The fraction of sp³-hybridized carbons (Fsp3) is 0.211. The van der Waals surface area contributed by atoms with Crippen LogP contribution in [0.5, 0.6) is 0 Å². The Balaban J connectivity index is 2.13. The average molecular weight is 336 g/mol. The van der Waals surface area contributed by atoms with Gasteiger partial charge < -0.3 is 0 Å². The highest BCUT2D eigenvalue weighted by molar-refractivity contribution is 7.99. The lowest BCUT2D eigenvalue weighted by Crippen LogP contribution is -2.01. The molecule has 0 N–H and O–H groups in total. The molecule has 5 heteroatoms. The molecule has 0 saturated carbocycles. The summed E-state index contributed by atoms with van der Waals surface area (Å²) in [6, 6.07) is 10.3. The van der Waals surface area contributed by atoms with E-state index in [1.54, 1.807) is 24.2 Å². The number of rotatable bonds is 5. The van der Waals surface area contributed by atoms with Crippen molar-refractivity contribution in [3.8, 4) is 17.1 Å². The molecule has 2 aromatic heterocycles. The summed E-state index contributed by atoms with van der Waals surface area (Å²) in [5.74, 6) is 1.64. The highest BCUT2D eigenvalue weighted by Crippen LogP contribution is 2.29. The fourth-order valence-corrected chi connectivity index (χ4v) is 3.13. The van der Waals surface area contributed by atoms with E-state index in [4.69, 9.17) is 0 Å². The van der Waals surface area contributed by atoms with Gasteiger partial charge in [-0.25, -0.2) is 0 Å². The summed E-state index contributed by atoms with van der Waals surface area (Å²) >= 11 is 1.65. The number of benzene rings is 1. The first-order valence-electron chi connectivity index (χ1n) is 7.77. The Bertz CT molecular complexity index is 868. The number of nitrogens with zero attached hydrogens (tertiary/aromatic N) is 4.